The second-order valence-corrected chi connectivity index (χ2v) is 7.17. The summed E-state index contributed by atoms with van der Waals surface area (Å²) in [5.41, 5.74) is 5.63. The van der Waals surface area contributed by atoms with Crippen molar-refractivity contribution in [2.45, 2.75) is 6.61 Å². The summed E-state index contributed by atoms with van der Waals surface area (Å²) in [6.07, 6.45) is 5.37. The fourth-order valence-corrected chi connectivity index (χ4v) is 3.26. The fourth-order valence-electron chi connectivity index (χ4n) is 3.07. The Morgan fingerprint density at radius 3 is 2.58 bits per heavy atom. The summed E-state index contributed by atoms with van der Waals surface area (Å²) in [5.74, 6) is 0.403. The van der Waals surface area contributed by atoms with Crippen LogP contribution < -0.4 is 10.2 Å². The number of aromatic nitrogens is 1. The molecule has 3 aromatic carbocycles. The average molecular weight is 430 g/mol. The van der Waals surface area contributed by atoms with Crippen molar-refractivity contribution in [1.82, 2.24) is 9.99 Å². The van der Waals surface area contributed by atoms with Crippen molar-refractivity contribution in [3.05, 3.63) is 119 Å². The molecule has 0 saturated carbocycles. The van der Waals surface area contributed by atoms with Crippen molar-refractivity contribution in [3.8, 4) is 11.4 Å². The number of benzene rings is 3. The molecule has 0 spiro atoms. The normalized spacial score (nSPS) is 10.9. The average Bonchev–Trinajstić information content (AvgIpc) is 3.34. The van der Waals surface area contributed by atoms with Crippen molar-refractivity contribution < 1.29 is 9.53 Å². The molecule has 1 heterocycles. The number of hydrogen-bond donors (Lipinski definition) is 1. The summed E-state index contributed by atoms with van der Waals surface area (Å²) in [5, 5.41) is 4.77. The van der Waals surface area contributed by atoms with Crippen LogP contribution in [-0.2, 0) is 6.61 Å². The van der Waals surface area contributed by atoms with Gasteiger partial charge in [0.25, 0.3) is 5.91 Å². The van der Waals surface area contributed by atoms with Crippen LogP contribution in [0.15, 0.2) is 102 Å². The molecule has 0 saturated heterocycles. The number of carbonyl (C=O) groups is 1. The smallest absolute Gasteiger partial charge is 0.273 e. The van der Waals surface area contributed by atoms with Crippen LogP contribution >= 0.6 is 11.6 Å². The quantitative estimate of drug-likeness (QED) is 0.312. The van der Waals surface area contributed by atoms with Crippen LogP contribution in [0, 0.1) is 0 Å². The van der Waals surface area contributed by atoms with E-state index in [1.165, 1.54) is 0 Å². The molecule has 4 aromatic rings. The minimum Gasteiger partial charge on any atom is -0.489 e. The predicted octanol–water partition coefficient (Wildman–Crippen LogP) is 5.47. The fraction of sp³-hybridized carbons (Fsp3) is 0.0400. The van der Waals surface area contributed by atoms with Crippen LogP contribution in [0.3, 0.4) is 0 Å². The number of carbonyl (C=O) groups excluding carboxylic acids is 1. The van der Waals surface area contributed by atoms with E-state index < -0.39 is 0 Å². The lowest BCUT2D eigenvalue weighted by Crippen LogP contribution is -2.19. The van der Waals surface area contributed by atoms with Gasteiger partial charge in [-0.2, -0.15) is 5.10 Å². The Bertz CT molecular complexity index is 1200. The molecule has 0 aliphatic heterocycles. The van der Waals surface area contributed by atoms with Gasteiger partial charge in [-0.1, -0.05) is 54.1 Å². The van der Waals surface area contributed by atoms with Gasteiger partial charge in [0.1, 0.15) is 12.4 Å². The zero-order chi connectivity index (χ0) is 21.5. The van der Waals surface area contributed by atoms with Gasteiger partial charge in [-0.15, -0.1) is 0 Å². The summed E-state index contributed by atoms with van der Waals surface area (Å²) >= 11 is 6.17. The Hall–Kier alpha value is -3.83. The van der Waals surface area contributed by atoms with Crippen molar-refractivity contribution in [1.29, 1.82) is 0 Å². The highest BCUT2D eigenvalue weighted by atomic mass is 35.5. The number of amides is 1. The molecular formula is C25H20ClN3O2. The zero-order valence-corrected chi connectivity index (χ0v) is 17.4. The van der Waals surface area contributed by atoms with E-state index >= 15 is 0 Å². The monoisotopic (exact) mass is 429 g/mol. The molecule has 1 amide bonds. The summed E-state index contributed by atoms with van der Waals surface area (Å²) in [4.78, 5) is 12.6. The van der Waals surface area contributed by atoms with Gasteiger partial charge in [-0.3, -0.25) is 4.79 Å². The minimum absolute atomic E-state index is 0.285. The standard InChI is InChI=1S/C25H20ClN3O2/c26-23-12-3-1-9-20(23)18-31-21-10-7-8-19(16-21)17-27-28-25(30)22-11-2-4-13-24(22)29-14-5-6-15-29/h1-17H,18H2,(H,28,30). The van der Waals surface area contributed by atoms with Crippen molar-refractivity contribution in [2.75, 3.05) is 0 Å². The van der Waals surface area contributed by atoms with Crippen LogP contribution in [0.5, 0.6) is 5.75 Å². The van der Waals surface area contributed by atoms with E-state index in [-0.39, 0.29) is 5.91 Å². The Morgan fingerprint density at radius 2 is 1.74 bits per heavy atom. The zero-order valence-electron chi connectivity index (χ0n) is 16.6. The van der Waals surface area contributed by atoms with Gasteiger partial charge in [-0.25, -0.2) is 5.43 Å². The first-order valence-corrected chi connectivity index (χ1v) is 10.1. The molecule has 4 rings (SSSR count). The van der Waals surface area contributed by atoms with Gasteiger partial charge in [0, 0.05) is 23.0 Å². The molecule has 0 aliphatic carbocycles. The second kappa shape index (κ2) is 9.78. The SMILES string of the molecule is O=C(NN=Cc1cccc(OCc2ccccc2Cl)c1)c1ccccc1-n1cccc1. The number of ether oxygens (including phenoxy) is 1. The number of hydrazone groups is 1. The third-order valence-corrected chi connectivity index (χ3v) is 4.99. The molecule has 0 fully saturated rings. The second-order valence-electron chi connectivity index (χ2n) is 6.76. The first-order valence-electron chi connectivity index (χ1n) is 9.73. The molecule has 1 aromatic heterocycles. The Balaban J connectivity index is 1.40. The van der Waals surface area contributed by atoms with Crippen molar-refractivity contribution in [2.24, 2.45) is 5.10 Å². The van der Waals surface area contributed by atoms with E-state index in [1.807, 2.05) is 95.8 Å². The Morgan fingerprint density at radius 1 is 0.968 bits per heavy atom. The first kappa shape index (κ1) is 20.4. The van der Waals surface area contributed by atoms with E-state index in [9.17, 15) is 4.79 Å². The van der Waals surface area contributed by atoms with Crippen molar-refractivity contribution in [3.63, 3.8) is 0 Å². The summed E-state index contributed by atoms with van der Waals surface area (Å²) in [6.45, 7) is 0.368. The highest BCUT2D eigenvalue weighted by Crippen LogP contribution is 2.19. The van der Waals surface area contributed by atoms with Crippen LogP contribution in [-0.4, -0.2) is 16.7 Å². The molecule has 0 radical (unpaired) electrons. The van der Waals surface area contributed by atoms with Crippen LogP contribution in [0.4, 0.5) is 0 Å². The molecule has 0 bridgehead atoms. The molecule has 0 atom stereocenters. The highest BCUT2D eigenvalue weighted by Gasteiger charge is 2.11. The number of halogens is 1. The molecule has 5 nitrogen and oxygen atoms in total. The van der Waals surface area contributed by atoms with Crippen LogP contribution in [0.2, 0.25) is 5.02 Å². The maximum atomic E-state index is 12.6. The van der Waals surface area contributed by atoms with Gasteiger partial charge < -0.3 is 9.30 Å². The number of rotatable bonds is 7. The highest BCUT2D eigenvalue weighted by molar-refractivity contribution is 6.31. The maximum absolute atomic E-state index is 12.6. The van der Waals surface area contributed by atoms with E-state index in [2.05, 4.69) is 10.5 Å². The number of nitrogens with one attached hydrogen (secondary N) is 1. The van der Waals surface area contributed by atoms with E-state index in [4.69, 9.17) is 16.3 Å². The summed E-state index contributed by atoms with van der Waals surface area (Å²) in [6, 6.07) is 26.2. The van der Waals surface area contributed by atoms with Gasteiger partial charge in [-0.05, 0) is 48.0 Å². The Labute approximate surface area is 185 Å². The summed E-state index contributed by atoms with van der Waals surface area (Å²) in [7, 11) is 0. The third kappa shape index (κ3) is 5.21. The van der Waals surface area contributed by atoms with Crippen LogP contribution in [0.25, 0.3) is 5.69 Å². The van der Waals surface area contributed by atoms with Crippen LogP contribution in [0.1, 0.15) is 21.5 Å². The topological polar surface area (TPSA) is 55.6 Å². The van der Waals surface area contributed by atoms with Gasteiger partial charge in [0.15, 0.2) is 0 Å². The molecule has 0 aliphatic rings. The van der Waals surface area contributed by atoms with E-state index in [0.29, 0.717) is 22.9 Å². The molecule has 31 heavy (non-hydrogen) atoms. The van der Waals surface area contributed by atoms with Crippen molar-refractivity contribution >= 4 is 23.7 Å². The number of hydrogen-bond acceptors (Lipinski definition) is 3. The largest absolute Gasteiger partial charge is 0.489 e. The summed E-state index contributed by atoms with van der Waals surface area (Å²) < 4.78 is 7.72. The maximum Gasteiger partial charge on any atom is 0.273 e. The lowest BCUT2D eigenvalue weighted by atomic mass is 10.1. The third-order valence-electron chi connectivity index (χ3n) is 4.62. The molecule has 154 valence electrons. The minimum atomic E-state index is -0.285. The number of para-hydroxylation sites is 1. The number of nitrogens with zero attached hydrogens (tertiary/aromatic N) is 2. The lowest BCUT2D eigenvalue weighted by Gasteiger charge is -2.09. The lowest BCUT2D eigenvalue weighted by molar-refractivity contribution is 0.0955. The first-order chi connectivity index (χ1) is 15.2. The van der Waals surface area contributed by atoms with E-state index in [1.54, 1.807) is 12.3 Å². The van der Waals surface area contributed by atoms with Gasteiger partial charge in [0.05, 0.1) is 17.5 Å². The molecule has 1 N–H and O–H groups in total. The predicted molar refractivity (Wildman–Crippen MR) is 123 cm³/mol. The molecule has 6 heteroatoms. The Kier molecular flexibility index (Phi) is 6.45. The van der Waals surface area contributed by atoms with Gasteiger partial charge in [0.2, 0.25) is 0 Å². The van der Waals surface area contributed by atoms with E-state index in [0.717, 1.165) is 16.8 Å². The van der Waals surface area contributed by atoms with Gasteiger partial charge >= 0.3 is 0 Å². The molecule has 0 unspecified atom stereocenters. The molecular weight excluding hydrogens is 410 g/mol.